The van der Waals surface area contributed by atoms with Crippen LogP contribution < -0.4 is 16.6 Å². The molecule has 4 N–H and O–H groups in total. The fraction of sp³-hybridized carbons (Fsp3) is 0.615. The van der Waals surface area contributed by atoms with Crippen LogP contribution in [0, 0.1) is 6.92 Å². The SMILES string of the molecule is COCC(O)CCNC(=O)CCc1c(C)[nH]c(=O)[nH]c1=O. The fourth-order valence-corrected chi connectivity index (χ4v) is 1.91. The summed E-state index contributed by atoms with van der Waals surface area (Å²) in [7, 11) is 1.49. The van der Waals surface area contributed by atoms with Crippen molar-refractivity contribution in [3.05, 3.63) is 32.1 Å². The van der Waals surface area contributed by atoms with Crippen molar-refractivity contribution in [2.45, 2.75) is 32.3 Å². The van der Waals surface area contributed by atoms with Gasteiger partial charge in [-0.3, -0.25) is 14.6 Å². The van der Waals surface area contributed by atoms with Crippen LogP contribution in [-0.4, -0.2) is 47.3 Å². The predicted molar refractivity (Wildman–Crippen MR) is 76.3 cm³/mol. The van der Waals surface area contributed by atoms with Crippen LogP contribution >= 0.6 is 0 Å². The molecule has 0 bridgehead atoms. The summed E-state index contributed by atoms with van der Waals surface area (Å²) in [6, 6.07) is 0. The molecule has 1 amide bonds. The molecule has 8 heteroatoms. The Labute approximate surface area is 121 Å². The maximum atomic E-state index is 11.6. The number of aryl methyl sites for hydroxylation is 1. The number of amides is 1. The van der Waals surface area contributed by atoms with E-state index in [0.29, 0.717) is 24.2 Å². The summed E-state index contributed by atoms with van der Waals surface area (Å²) in [5, 5.41) is 12.1. The van der Waals surface area contributed by atoms with Gasteiger partial charge in [0.2, 0.25) is 5.91 Å². The van der Waals surface area contributed by atoms with Gasteiger partial charge >= 0.3 is 5.69 Å². The lowest BCUT2D eigenvalue weighted by Crippen LogP contribution is -2.30. The first-order chi connectivity index (χ1) is 9.93. The Morgan fingerprint density at radius 1 is 1.38 bits per heavy atom. The van der Waals surface area contributed by atoms with Crippen LogP contribution in [0.1, 0.15) is 24.1 Å². The van der Waals surface area contributed by atoms with Crippen molar-refractivity contribution in [2.75, 3.05) is 20.3 Å². The molecule has 1 rings (SSSR count). The molecule has 1 unspecified atom stereocenters. The Morgan fingerprint density at radius 3 is 2.71 bits per heavy atom. The number of H-pyrrole nitrogens is 2. The Morgan fingerprint density at radius 2 is 2.10 bits per heavy atom. The topological polar surface area (TPSA) is 124 Å². The van der Waals surface area contributed by atoms with Crippen LogP contribution in [0.3, 0.4) is 0 Å². The fourth-order valence-electron chi connectivity index (χ4n) is 1.91. The molecule has 1 heterocycles. The second-order valence-electron chi connectivity index (χ2n) is 4.76. The zero-order valence-corrected chi connectivity index (χ0v) is 12.2. The number of rotatable bonds is 8. The molecule has 21 heavy (non-hydrogen) atoms. The van der Waals surface area contributed by atoms with Gasteiger partial charge in [-0.25, -0.2) is 4.79 Å². The highest BCUT2D eigenvalue weighted by molar-refractivity contribution is 5.76. The molecule has 0 fully saturated rings. The van der Waals surface area contributed by atoms with Crippen LogP contribution in [0.25, 0.3) is 0 Å². The quantitative estimate of drug-likeness (QED) is 0.481. The minimum Gasteiger partial charge on any atom is -0.391 e. The maximum Gasteiger partial charge on any atom is 0.325 e. The number of carbonyl (C=O) groups is 1. The summed E-state index contributed by atoms with van der Waals surface area (Å²) in [5.74, 6) is -0.218. The van der Waals surface area contributed by atoms with Crippen molar-refractivity contribution in [3.63, 3.8) is 0 Å². The van der Waals surface area contributed by atoms with E-state index < -0.39 is 17.4 Å². The van der Waals surface area contributed by atoms with Gasteiger partial charge in [-0.05, 0) is 19.8 Å². The first-order valence-electron chi connectivity index (χ1n) is 6.69. The zero-order chi connectivity index (χ0) is 15.8. The number of aromatic nitrogens is 2. The Hall–Kier alpha value is -1.93. The Bertz CT molecular complexity index is 578. The highest BCUT2D eigenvalue weighted by Crippen LogP contribution is 2.00. The Kier molecular flexibility index (Phi) is 6.83. The average molecular weight is 299 g/mol. The third kappa shape index (κ3) is 5.92. The molecule has 0 aliphatic rings. The zero-order valence-electron chi connectivity index (χ0n) is 12.2. The molecular weight excluding hydrogens is 278 g/mol. The second-order valence-corrected chi connectivity index (χ2v) is 4.76. The van der Waals surface area contributed by atoms with E-state index in [-0.39, 0.29) is 25.4 Å². The molecule has 0 aliphatic heterocycles. The van der Waals surface area contributed by atoms with E-state index >= 15 is 0 Å². The average Bonchev–Trinajstić information content (AvgIpc) is 2.37. The van der Waals surface area contributed by atoms with E-state index in [1.54, 1.807) is 6.92 Å². The summed E-state index contributed by atoms with van der Waals surface area (Å²) < 4.78 is 4.77. The van der Waals surface area contributed by atoms with E-state index in [0.717, 1.165) is 0 Å². The molecule has 118 valence electrons. The summed E-state index contributed by atoms with van der Waals surface area (Å²) in [5.41, 5.74) is -0.173. The third-order valence-electron chi connectivity index (χ3n) is 3.02. The molecule has 8 nitrogen and oxygen atoms in total. The predicted octanol–water partition coefficient (Wildman–Crippen LogP) is -1.18. The number of methoxy groups -OCH3 is 1. The molecule has 0 aliphatic carbocycles. The lowest BCUT2D eigenvalue weighted by atomic mass is 10.1. The van der Waals surface area contributed by atoms with Gasteiger partial charge in [0, 0.05) is 31.3 Å². The molecule has 0 saturated carbocycles. The summed E-state index contributed by atoms with van der Waals surface area (Å²) >= 11 is 0. The minimum atomic E-state index is -0.611. The highest BCUT2D eigenvalue weighted by Gasteiger charge is 2.09. The van der Waals surface area contributed by atoms with Crippen molar-refractivity contribution in [3.8, 4) is 0 Å². The monoisotopic (exact) mass is 299 g/mol. The van der Waals surface area contributed by atoms with E-state index in [1.807, 2.05) is 0 Å². The van der Waals surface area contributed by atoms with Gasteiger partial charge in [0.15, 0.2) is 0 Å². The maximum absolute atomic E-state index is 11.6. The standard InChI is InChI=1S/C13H21N3O5/c1-8-10(12(19)16-13(20)15-8)3-4-11(18)14-6-5-9(17)7-21-2/h9,17H,3-7H2,1-2H3,(H,14,18)(H2,15,16,19,20). The van der Waals surface area contributed by atoms with Gasteiger partial charge in [-0.1, -0.05) is 0 Å². The number of aromatic amines is 2. The second kappa shape index (κ2) is 8.38. The number of carbonyl (C=O) groups excluding carboxylic acids is 1. The van der Waals surface area contributed by atoms with E-state index in [9.17, 15) is 19.5 Å². The first-order valence-corrected chi connectivity index (χ1v) is 6.69. The molecule has 0 saturated heterocycles. The summed E-state index contributed by atoms with van der Waals surface area (Å²) in [6.07, 6.45) is 0.165. The molecule has 0 radical (unpaired) electrons. The number of aliphatic hydroxyl groups is 1. The number of nitrogens with one attached hydrogen (secondary N) is 3. The van der Waals surface area contributed by atoms with Crippen LogP contribution in [0.15, 0.2) is 9.59 Å². The molecule has 1 aromatic rings. The number of hydrogen-bond acceptors (Lipinski definition) is 5. The molecule has 1 aromatic heterocycles. The van der Waals surface area contributed by atoms with Gasteiger partial charge in [-0.2, -0.15) is 0 Å². The van der Waals surface area contributed by atoms with Gasteiger partial charge < -0.3 is 20.1 Å². The van der Waals surface area contributed by atoms with Crippen molar-refractivity contribution >= 4 is 5.91 Å². The van der Waals surface area contributed by atoms with Gasteiger partial charge in [0.1, 0.15) is 0 Å². The van der Waals surface area contributed by atoms with Crippen molar-refractivity contribution in [1.29, 1.82) is 0 Å². The van der Waals surface area contributed by atoms with Crippen LogP contribution in [-0.2, 0) is 16.0 Å². The number of aliphatic hydroxyl groups excluding tert-OH is 1. The van der Waals surface area contributed by atoms with Crippen molar-refractivity contribution in [2.24, 2.45) is 0 Å². The molecule has 0 spiro atoms. The van der Waals surface area contributed by atoms with Gasteiger partial charge in [0.25, 0.3) is 5.56 Å². The smallest absolute Gasteiger partial charge is 0.325 e. The van der Waals surface area contributed by atoms with Crippen molar-refractivity contribution in [1.82, 2.24) is 15.3 Å². The first kappa shape index (κ1) is 17.1. The highest BCUT2D eigenvalue weighted by atomic mass is 16.5. The molecule has 0 aromatic carbocycles. The summed E-state index contributed by atoms with van der Waals surface area (Å²) in [4.78, 5) is 38.9. The third-order valence-corrected chi connectivity index (χ3v) is 3.02. The van der Waals surface area contributed by atoms with E-state index in [1.165, 1.54) is 7.11 Å². The van der Waals surface area contributed by atoms with Gasteiger partial charge in [-0.15, -0.1) is 0 Å². The number of ether oxygens (including phenoxy) is 1. The van der Waals surface area contributed by atoms with Crippen LogP contribution in [0.2, 0.25) is 0 Å². The van der Waals surface area contributed by atoms with Crippen LogP contribution in [0.4, 0.5) is 0 Å². The van der Waals surface area contributed by atoms with Gasteiger partial charge in [0.05, 0.1) is 12.7 Å². The van der Waals surface area contributed by atoms with E-state index in [4.69, 9.17) is 4.74 Å². The largest absolute Gasteiger partial charge is 0.391 e. The lowest BCUT2D eigenvalue weighted by molar-refractivity contribution is -0.121. The lowest BCUT2D eigenvalue weighted by Gasteiger charge is -2.10. The van der Waals surface area contributed by atoms with Crippen molar-refractivity contribution < 1.29 is 14.6 Å². The molecular formula is C13H21N3O5. The normalized spacial score (nSPS) is 12.1. The minimum absolute atomic E-state index is 0.135. The molecule has 1 atom stereocenters. The Balaban J connectivity index is 2.40. The van der Waals surface area contributed by atoms with Crippen LogP contribution in [0.5, 0.6) is 0 Å². The summed E-state index contributed by atoms with van der Waals surface area (Å²) in [6.45, 7) is 2.18. The number of hydrogen-bond donors (Lipinski definition) is 4. The van der Waals surface area contributed by atoms with E-state index in [2.05, 4.69) is 15.3 Å².